The summed E-state index contributed by atoms with van der Waals surface area (Å²) < 4.78 is 11.1. The number of methoxy groups -OCH3 is 1. The highest BCUT2D eigenvalue weighted by atomic mass is 16.6. The number of H-pyrrole nitrogens is 1. The highest BCUT2D eigenvalue weighted by Crippen LogP contribution is 2.43. The topological polar surface area (TPSA) is 67.5 Å². The summed E-state index contributed by atoms with van der Waals surface area (Å²) in [4.78, 5) is 22.8. The Morgan fingerprint density at radius 1 is 1.06 bits per heavy atom. The van der Waals surface area contributed by atoms with Crippen LogP contribution in [0.5, 0.6) is 5.88 Å². The first-order chi connectivity index (χ1) is 17.1. The Hall–Kier alpha value is -3.02. The highest BCUT2D eigenvalue weighted by Gasteiger charge is 2.29. The molecule has 0 atom stereocenters. The van der Waals surface area contributed by atoms with Crippen LogP contribution in [0.25, 0.3) is 22.2 Å². The fraction of sp³-hybridized carbons (Fsp3) is 0.533. The van der Waals surface area contributed by atoms with Gasteiger partial charge in [0, 0.05) is 47.2 Å². The summed E-state index contributed by atoms with van der Waals surface area (Å²) in [5.41, 5.74) is 6.84. The van der Waals surface area contributed by atoms with E-state index in [1.165, 1.54) is 35.0 Å². The van der Waals surface area contributed by atoms with E-state index in [0.717, 1.165) is 42.7 Å². The van der Waals surface area contributed by atoms with Gasteiger partial charge in [0.2, 0.25) is 5.88 Å². The number of piperidine rings is 1. The molecule has 3 aromatic rings. The van der Waals surface area contributed by atoms with Crippen molar-refractivity contribution in [2.45, 2.75) is 83.7 Å². The molecule has 2 aliphatic rings. The Kier molecular flexibility index (Phi) is 6.48. The number of rotatable bonds is 5. The van der Waals surface area contributed by atoms with Gasteiger partial charge in [0.25, 0.3) is 0 Å². The Bertz CT molecular complexity index is 1260. The molecular weight excluding hydrogens is 450 g/mol. The largest absolute Gasteiger partial charge is 0.481 e. The van der Waals surface area contributed by atoms with E-state index in [1.807, 2.05) is 25.7 Å². The van der Waals surface area contributed by atoms with Crippen LogP contribution in [0.2, 0.25) is 0 Å². The van der Waals surface area contributed by atoms with Crippen LogP contribution in [0, 0.1) is 0 Å². The van der Waals surface area contributed by atoms with E-state index in [0.29, 0.717) is 23.6 Å². The van der Waals surface area contributed by atoms with Crippen LogP contribution in [-0.4, -0.2) is 46.8 Å². The van der Waals surface area contributed by atoms with Crippen LogP contribution >= 0.6 is 0 Å². The van der Waals surface area contributed by atoms with Crippen LogP contribution in [0.4, 0.5) is 4.79 Å². The molecule has 1 aliphatic heterocycles. The Balaban J connectivity index is 1.43. The van der Waals surface area contributed by atoms with E-state index in [9.17, 15) is 4.79 Å². The number of fused-ring (bicyclic) bond motifs is 1. The third-order valence-corrected chi connectivity index (χ3v) is 7.37. The molecule has 1 N–H and O–H groups in total. The van der Waals surface area contributed by atoms with Gasteiger partial charge in [0.1, 0.15) is 5.60 Å². The fourth-order valence-electron chi connectivity index (χ4n) is 5.40. The predicted molar refractivity (Wildman–Crippen MR) is 144 cm³/mol. The van der Waals surface area contributed by atoms with Gasteiger partial charge in [-0.1, -0.05) is 19.9 Å². The summed E-state index contributed by atoms with van der Waals surface area (Å²) in [5, 5.41) is 1.29. The molecule has 6 nitrogen and oxygen atoms in total. The second kappa shape index (κ2) is 9.45. The van der Waals surface area contributed by atoms with E-state index < -0.39 is 5.60 Å². The first-order valence-electron chi connectivity index (χ1n) is 13.3. The number of amides is 1. The third kappa shape index (κ3) is 5.09. The number of hydrogen-bond donors (Lipinski definition) is 1. The van der Waals surface area contributed by atoms with Gasteiger partial charge in [0.05, 0.1) is 12.8 Å². The molecule has 36 heavy (non-hydrogen) atoms. The van der Waals surface area contributed by atoms with Crippen molar-refractivity contribution in [1.82, 2.24) is 14.9 Å². The van der Waals surface area contributed by atoms with Crippen molar-refractivity contribution >= 4 is 17.0 Å². The van der Waals surface area contributed by atoms with E-state index in [1.54, 1.807) is 7.11 Å². The van der Waals surface area contributed by atoms with Crippen LogP contribution in [0.15, 0.2) is 30.3 Å². The number of nitrogens with one attached hydrogen (secondary N) is 1. The minimum Gasteiger partial charge on any atom is -0.481 e. The molecule has 192 valence electrons. The zero-order chi connectivity index (χ0) is 25.6. The molecule has 1 saturated heterocycles. The zero-order valence-corrected chi connectivity index (χ0v) is 22.5. The standard InChI is InChI=1S/C30H39N3O3/c1-18(2)27-23-15-21(19-11-13-33(14-12-19)29(34)36-30(3,4)5)9-10-24(23)32-28(27)22-16-25(20-7-8-20)31-26(17-22)35-6/h9-10,15-20,32H,7-8,11-14H2,1-6H3. The Morgan fingerprint density at radius 3 is 2.39 bits per heavy atom. The fourth-order valence-corrected chi connectivity index (χ4v) is 5.40. The number of carbonyl (C=O) groups excluding carboxylic acids is 1. The number of pyridine rings is 1. The first-order valence-corrected chi connectivity index (χ1v) is 13.3. The van der Waals surface area contributed by atoms with Gasteiger partial charge < -0.3 is 19.4 Å². The van der Waals surface area contributed by atoms with E-state index in [-0.39, 0.29) is 6.09 Å². The van der Waals surface area contributed by atoms with Gasteiger partial charge in [0.15, 0.2) is 0 Å². The van der Waals surface area contributed by atoms with Crippen molar-refractivity contribution in [2.24, 2.45) is 0 Å². The average molecular weight is 490 g/mol. The molecule has 0 radical (unpaired) electrons. The maximum atomic E-state index is 12.5. The third-order valence-electron chi connectivity index (χ3n) is 7.37. The van der Waals surface area contributed by atoms with Crippen LogP contribution < -0.4 is 4.74 Å². The summed E-state index contributed by atoms with van der Waals surface area (Å²) in [6, 6.07) is 11.1. The normalized spacial score (nSPS) is 17.1. The molecular formula is C30H39N3O3. The van der Waals surface area contributed by atoms with Gasteiger partial charge in [-0.15, -0.1) is 0 Å². The number of benzene rings is 1. The van der Waals surface area contributed by atoms with Crippen molar-refractivity contribution in [3.63, 3.8) is 0 Å². The first kappa shape index (κ1) is 24.7. The van der Waals surface area contributed by atoms with Crippen molar-refractivity contribution < 1.29 is 14.3 Å². The number of aromatic nitrogens is 2. The SMILES string of the molecule is COc1cc(-c2[nH]c3ccc(C4CCN(C(=O)OC(C)(C)C)CC4)cc3c2C(C)C)cc(C2CC2)n1. The molecule has 3 heterocycles. The number of nitrogens with zero attached hydrogens (tertiary/aromatic N) is 2. The van der Waals surface area contributed by atoms with E-state index in [4.69, 9.17) is 14.5 Å². The zero-order valence-electron chi connectivity index (χ0n) is 22.5. The molecule has 1 saturated carbocycles. The summed E-state index contributed by atoms with van der Waals surface area (Å²) in [6.07, 6.45) is 4.11. The maximum Gasteiger partial charge on any atom is 0.410 e. The molecule has 6 heteroatoms. The Morgan fingerprint density at radius 2 is 1.78 bits per heavy atom. The summed E-state index contributed by atoms with van der Waals surface area (Å²) in [6.45, 7) is 11.7. The monoisotopic (exact) mass is 489 g/mol. The predicted octanol–water partition coefficient (Wildman–Crippen LogP) is 7.35. The minimum absolute atomic E-state index is 0.202. The number of hydrogen-bond acceptors (Lipinski definition) is 4. The van der Waals surface area contributed by atoms with E-state index in [2.05, 4.69) is 49.2 Å². The van der Waals surface area contributed by atoms with Crippen LogP contribution in [0.1, 0.15) is 94.9 Å². The molecule has 1 aromatic carbocycles. The maximum absolute atomic E-state index is 12.5. The van der Waals surface area contributed by atoms with Crippen molar-refractivity contribution in [3.05, 3.63) is 47.2 Å². The molecule has 0 spiro atoms. The number of ether oxygens (including phenoxy) is 2. The lowest BCUT2D eigenvalue weighted by Crippen LogP contribution is -2.41. The molecule has 5 rings (SSSR count). The lowest BCUT2D eigenvalue weighted by atomic mass is 9.87. The summed E-state index contributed by atoms with van der Waals surface area (Å²) in [5.74, 6) is 2.04. The van der Waals surface area contributed by atoms with Crippen molar-refractivity contribution in [1.29, 1.82) is 0 Å². The summed E-state index contributed by atoms with van der Waals surface area (Å²) >= 11 is 0. The highest BCUT2D eigenvalue weighted by molar-refractivity contribution is 5.92. The number of carbonyl (C=O) groups is 1. The smallest absolute Gasteiger partial charge is 0.410 e. The lowest BCUT2D eigenvalue weighted by molar-refractivity contribution is 0.0205. The molecule has 2 aromatic heterocycles. The van der Waals surface area contributed by atoms with E-state index >= 15 is 0 Å². The van der Waals surface area contributed by atoms with Gasteiger partial charge >= 0.3 is 6.09 Å². The second-order valence-corrected chi connectivity index (χ2v) is 11.7. The molecule has 1 aliphatic carbocycles. The van der Waals surface area contributed by atoms with Gasteiger partial charge in [-0.25, -0.2) is 9.78 Å². The van der Waals surface area contributed by atoms with Crippen molar-refractivity contribution in [2.75, 3.05) is 20.2 Å². The van der Waals surface area contributed by atoms with Gasteiger partial charge in [-0.3, -0.25) is 0 Å². The summed E-state index contributed by atoms with van der Waals surface area (Å²) in [7, 11) is 1.69. The second-order valence-electron chi connectivity index (χ2n) is 11.7. The van der Waals surface area contributed by atoms with Gasteiger partial charge in [-0.2, -0.15) is 0 Å². The lowest BCUT2D eigenvalue weighted by Gasteiger charge is -2.33. The average Bonchev–Trinajstić information content (AvgIpc) is 3.62. The molecule has 1 amide bonds. The molecule has 0 bridgehead atoms. The van der Waals surface area contributed by atoms with Gasteiger partial charge in [-0.05, 0) is 87.6 Å². The van der Waals surface area contributed by atoms with Crippen LogP contribution in [0.3, 0.4) is 0 Å². The van der Waals surface area contributed by atoms with Crippen molar-refractivity contribution in [3.8, 4) is 17.1 Å². The quantitative estimate of drug-likeness (QED) is 0.407. The molecule has 0 unspecified atom stereocenters. The Labute approximate surface area is 214 Å². The van der Waals surface area contributed by atoms with Crippen LogP contribution in [-0.2, 0) is 4.74 Å². The number of aromatic amines is 1. The number of likely N-dealkylation sites (tertiary alicyclic amines) is 1. The minimum atomic E-state index is -0.462. The molecule has 2 fully saturated rings.